The van der Waals surface area contributed by atoms with Crippen LogP contribution in [0.25, 0.3) is 0 Å². The molecule has 0 aliphatic heterocycles. The van der Waals surface area contributed by atoms with Gasteiger partial charge in [-0.1, -0.05) is 19.8 Å². The fourth-order valence-electron chi connectivity index (χ4n) is 1.56. The lowest BCUT2D eigenvalue weighted by atomic mass is 10.1. The van der Waals surface area contributed by atoms with Crippen molar-refractivity contribution >= 4 is 17.9 Å². The Morgan fingerprint density at radius 1 is 1.24 bits per heavy atom. The second-order valence-corrected chi connectivity index (χ2v) is 4.66. The number of carboxylic acids is 1. The quantitative estimate of drug-likeness (QED) is 0.426. The van der Waals surface area contributed by atoms with Crippen molar-refractivity contribution in [3.05, 3.63) is 0 Å². The maximum absolute atomic E-state index is 11.7. The van der Waals surface area contributed by atoms with Gasteiger partial charge in [-0.2, -0.15) is 0 Å². The Balaban J connectivity index is 4.20. The predicted octanol–water partition coefficient (Wildman–Crippen LogP) is 0.0801. The largest absolute Gasteiger partial charge is 0.480 e. The number of carboxylic acid groups (broad SMARTS) is 1. The number of carbonyl (C=O) groups excluding carboxylic acids is 2. The average molecular weight is 303 g/mol. The van der Waals surface area contributed by atoms with Gasteiger partial charge in [-0.3, -0.25) is 4.79 Å². The molecule has 0 heterocycles. The molecule has 0 radical (unpaired) electrons. The number of urea groups is 1. The summed E-state index contributed by atoms with van der Waals surface area (Å²) in [5.41, 5.74) is 0. The lowest BCUT2D eigenvalue weighted by molar-refractivity contribution is -0.139. The van der Waals surface area contributed by atoms with Crippen LogP contribution in [0.1, 0.15) is 33.1 Å². The number of ether oxygens (including phenoxy) is 1. The highest BCUT2D eigenvalue weighted by atomic mass is 16.5. The van der Waals surface area contributed by atoms with E-state index in [1.54, 1.807) is 0 Å². The van der Waals surface area contributed by atoms with Gasteiger partial charge >= 0.3 is 12.0 Å². The SMILES string of the molecule is CCCC[C@H](NC(=O)NC(C)C(=O)NCCOC)C(=O)O. The number of amides is 3. The van der Waals surface area contributed by atoms with E-state index in [0.717, 1.165) is 6.42 Å². The topological polar surface area (TPSA) is 117 Å². The first kappa shape index (κ1) is 19.2. The molecule has 0 aromatic heterocycles. The van der Waals surface area contributed by atoms with E-state index >= 15 is 0 Å². The molecule has 21 heavy (non-hydrogen) atoms. The van der Waals surface area contributed by atoms with Crippen LogP contribution in [0, 0.1) is 0 Å². The van der Waals surface area contributed by atoms with Crippen molar-refractivity contribution in [1.82, 2.24) is 16.0 Å². The summed E-state index contributed by atoms with van der Waals surface area (Å²) in [4.78, 5) is 34.3. The molecule has 3 amide bonds. The monoisotopic (exact) mass is 303 g/mol. The van der Waals surface area contributed by atoms with Gasteiger partial charge in [-0.05, 0) is 13.3 Å². The molecule has 0 aromatic carbocycles. The molecule has 0 saturated carbocycles. The molecular formula is C13H25N3O5. The van der Waals surface area contributed by atoms with Crippen molar-refractivity contribution in [3.63, 3.8) is 0 Å². The first-order chi connectivity index (χ1) is 9.92. The average Bonchev–Trinajstić information content (AvgIpc) is 2.43. The fraction of sp³-hybridized carbons (Fsp3) is 0.769. The van der Waals surface area contributed by atoms with Crippen LogP contribution in [0.5, 0.6) is 0 Å². The normalized spacial score (nSPS) is 13.1. The third-order valence-electron chi connectivity index (χ3n) is 2.80. The number of carbonyl (C=O) groups is 3. The minimum atomic E-state index is -1.09. The van der Waals surface area contributed by atoms with E-state index in [9.17, 15) is 14.4 Å². The second-order valence-electron chi connectivity index (χ2n) is 4.66. The second kappa shape index (κ2) is 10.9. The summed E-state index contributed by atoms with van der Waals surface area (Å²) in [7, 11) is 1.52. The molecular weight excluding hydrogens is 278 g/mol. The van der Waals surface area contributed by atoms with Crippen LogP contribution in [0.4, 0.5) is 4.79 Å². The highest BCUT2D eigenvalue weighted by Crippen LogP contribution is 2.00. The molecule has 0 aliphatic rings. The van der Waals surface area contributed by atoms with Gasteiger partial charge in [0.2, 0.25) is 5.91 Å². The molecule has 4 N–H and O–H groups in total. The van der Waals surface area contributed by atoms with Crippen LogP contribution in [-0.2, 0) is 14.3 Å². The summed E-state index contributed by atoms with van der Waals surface area (Å²) < 4.78 is 4.79. The fourth-order valence-corrected chi connectivity index (χ4v) is 1.56. The molecule has 0 spiro atoms. The Hall–Kier alpha value is -1.83. The zero-order chi connectivity index (χ0) is 16.3. The van der Waals surface area contributed by atoms with Gasteiger partial charge in [0.05, 0.1) is 6.61 Å². The minimum Gasteiger partial charge on any atom is -0.480 e. The molecule has 8 heteroatoms. The lowest BCUT2D eigenvalue weighted by Gasteiger charge is -2.18. The zero-order valence-electron chi connectivity index (χ0n) is 12.8. The van der Waals surface area contributed by atoms with Gasteiger partial charge in [0.1, 0.15) is 12.1 Å². The molecule has 0 fully saturated rings. The van der Waals surface area contributed by atoms with E-state index in [1.165, 1.54) is 14.0 Å². The Labute approximate surface area is 124 Å². The summed E-state index contributed by atoms with van der Waals surface area (Å²) >= 11 is 0. The number of unbranched alkanes of at least 4 members (excludes halogenated alkanes) is 1. The Bertz CT molecular complexity index is 349. The Morgan fingerprint density at radius 3 is 2.43 bits per heavy atom. The van der Waals surface area contributed by atoms with E-state index in [4.69, 9.17) is 9.84 Å². The first-order valence-electron chi connectivity index (χ1n) is 6.98. The van der Waals surface area contributed by atoms with Crippen LogP contribution in [0.2, 0.25) is 0 Å². The van der Waals surface area contributed by atoms with Gasteiger partial charge in [-0.15, -0.1) is 0 Å². The van der Waals surface area contributed by atoms with Gasteiger partial charge < -0.3 is 25.8 Å². The molecule has 122 valence electrons. The van der Waals surface area contributed by atoms with Crippen LogP contribution >= 0.6 is 0 Å². The Kier molecular flexibility index (Phi) is 9.95. The predicted molar refractivity (Wildman–Crippen MR) is 77.0 cm³/mol. The highest BCUT2D eigenvalue weighted by molar-refractivity contribution is 5.88. The maximum Gasteiger partial charge on any atom is 0.326 e. The Morgan fingerprint density at radius 2 is 1.90 bits per heavy atom. The van der Waals surface area contributed by atoms with Crippen molar-refractivity contribution < 1.29 is 24.2 Å². The molecule has 8 nitrogen and oxygen atoms in total. The third-order valence-corrected chi connectivity index (χ3v) is 2.80. The van der Waals surface area contributed by atoms with E-state index < -0.39 is 24.1 Å². The molecule has 2 atom stereocenters. The van der Waals surface area contributed by atoms with Crippen molar-refractivity contribution in [2.75, 3.05) is 20.3 Å². The van der Waals surface area contributed by atoms with Crippen LogP contribution in [0.15, 0.2) is 0 Å². The van der Waals surface area contributed by atoms with Crippen molar-refractivity contribution in [2.24, 2.45) is 0 Å². The van der Waals surface area contributed by atoms with Crippen LogP contribution in [0.3, 0.4) is 0 Å². The number of hydrogen-bond acceptors (Lipinski definition) is 4. The zero-order valence-corrected chi connectivity index (χ0v) is 12.8. The molecule has 0 rings (SSSR count). The molecule has 0 saturated heterocycles. The van der Waals surface area contributed by atoms with Gasteiger partial charge in [0, 0.05) is 13.7 Å². The van der Waals surface area contributed by atoms with Gasteiger partial charge in [0.15, 0.2) is 0 Å². The number of methoxy groups -OCH3 is 1. The summed E-state index contributed by atoms with van der Waals surface area (Å²) in [6, 6.07) is -2.39. The van der Waals surface area contributed by atoms with Gasteiger partial charge in [-0.25, -0.2) is 9.59 Å². The highest BCUT2D eigenvalue weighted by Gasteiger charge is 2.21. The van der Waals surface area contributed by atoms with E-state index in [1.807, 2.05) is 6.92 Å². The summed E-state index contributed by atoms with van der Waals surface area (Å²) in [6.45, 7) is 4.18. The standard InChI is InChI=1S/C13H25N3O5/c1-4-5-6-10(12(18)19)16-13(20)15-9(2)11(17)14-7-8-21-3/h9-10H,4-8H2,1-3H3,(H,14,17)(H,18,19)(H2,15,16,20)/t9?,10-/m0/s1. The minimum absolute atomic E-state index is 0.344. The van der Waals surface area contributed by atoms with E-state index in [0.29, 0.717) is 26.0 Å². The smallest absolute Gasteiger partial charge is 0.326 e. The summed E-state index contributed by atoms with van der Waals surface area (Å²) in [5, 5.41) is 16.3. The van der Waals surface area contributed by atoms with Crippen LogP contribution in [-0.4, -0.2) is 55.4 Å². The number of nitrogens with one attached hydrogen (secondary N) is 3. The number of hydrogen-bond donors (Lipinski definition) is 4. The van der Waals surface area contributed by atoms with Crippen molar-refractivity contribution in [3.8, 4) is 0 Å². The van der Waals surface area contributed by atoms with E-state index in [-0.39, 0.29) is 5.91 Å². The molecule has 1 unspecified atom stereocenters. The van der Waals surface area contributed by atoms with E-state index in [2.05, 4.69) is 16.0 Å². The van der Waals surface area contributed by atoms with Crippen molar-refractivity contribution in [2.45, 2.75) is 45.2 Å². The third kappa shape index (κ3) is 8.85. The number of rotatable bonds is 10. The summed E-state index contributed by atoms with van der Waals surface area (Å²) in [5.74, 6) is -1.45. The van der Waals surface area contributed by atoms with Crippen LogP contribution < -0.4 is 16.0 Å². The first-order valence-corrected chi connectivity index (χ1v) is 6.98. The van der Waals surface area contributed by atoms with Crippen molar-refractivity contribution in [1.29, 1.82) is 0 Å². The molecule has 0 aromatic rings. The maximum atomic E-state index is 11.7. The lowest BCUT2D eigenvalue weighted by Crippen LogP contribution is -2.52. The van der Waals surface area contributed by atoms with Gasteiger partial charge in [0.25, 0.3) is 0 Å². The summed E-state index contributed by atoms with van der Waals surface area (Å²) in [6.07, 6.45) is 1.89. The number of aliphatic carboxylic acids is 1. The molecule has 0 aliphatic carbocycles. The molecule has 0 bridgehead atoms.